The lowest BCUT2D eigenvalue weighted by Crippen LogP contribution is -2.00. The van der Waals surface area contributed by atoms with Crippen molar-refractivity contribution in [3.05, 3.63) is 238 Å². The Labute approximate surface area is 433 Å². The Morgan fingerprint density at radius 1 is 0.270 bits per heavy atom. The van der Waals surface area contributed by atoms with Gasteiger partial charge in [-0.2, -0.15) is 10.5 Å². The lowest BCUT2D eigenvalue weighted by molar-refractivity contribution is 1.16. The summed E-state index contributed by atoms with van der Waals surface area (Å²) in [4.78, 5) is 0. The van der Waals surface area contributed by atoms with Crippen LogP contribution in [0.1, 0.15) is 55.6 Å². The van der Waals surface area contributed by atoms with Crippen molar-refractivity contribution >= 4 is 43.6 Å². The largest absolute Gasteiger partial charge is 0.308 e. The van der Waals surface area contributed by atoms with Crippen molar-refractivity contribution in [1.82, 2.24) is 9.13 Å². The molecule has 0 saturated carbocycles. The highest BCUT2D eigenvalue weighted by atomic mass is 15.0. The fourth-order valence-electron chi connectivity index (χ4n) is 11.8. The van der Waals surface area contributed by atoms with Crippen molar-refractivity contribution in [2.45, 2.75) is 55.4 Å². The minimum Gasteiger partial charge on any atom is -0.308 e. The Balaban J connectivity index is 1.06. The van der Waals surface area contributed by atoms with Crippen molar-refractivity contribution in [3.8, 4) is 79.1 Å². The van der Waals surface area contributed by atoms with Crippen LogP contribution < -0.4 is 0 Å². The second-order valence-electron chi connectivity index (χ2n) is 20.6. The first-order valence-electron chi connectivity index (χ1n) is 25.4. The van der Waals surface area contributed by atoms with Gasteiger partial charge in [0.05, 0.1) is 44.6 Å². The van der Waals surface area contributed by atoms with Crippen LogP contribution in [0, 0.1) is 78.1 Å². The Kier molecular flexibility index (Phi) is 11.0. The molecule has 0 atom stereocenters. The number of aryl methyl sites for hydroxylation is 8. The van der Waals surface area contributed by atoms with Gasteiger partial charge in [-0.1, -0.05) is 131 Å². The van der Waals surface area contributed by atoms with Crippen LogP contribution in [-0.2, 0) is 0 Å². The third-order valence-electron chi connectivity index (χ3n) is 15.4. The second kappa shape index (κ2) is 17.8. The Hall–Kier alpha value is -9.22. The van der Waals surface area contributed by atoms with Gasteiger partial charge in [-0.05, 0) is 206 Å². The SMILES string of the molecule is Cc1ccc(-c2ccc3c(c2)c2cc(-c4ccc(C)cc4C)ccc2n3-c2cc(-c3ccc(C#N)c(-n4c5ccc(-c6ccc(C)cc6C)cc5c5cc(-c6ccc(C)cc6C)ccc54)c3)ccc2C#N)c(C)c1. The van der Waals surface area contributed by atoms with Gasteiger partial charge in [-0.3, -0.25) is 0 Å². The van der Waals surface area contributed by atoms with Crippen molar-refractivity contribution in [1.29, 1.82) is 10.5 Å². The highest BCUT2D eigenvalue weighted by Gasteiger charge is 2.22. The summed E-state index contributed by atoms with van der Waals surface area (Å²) in [6, 6.07) is 71.0. The summed E-state index contributed by atoms with van der Waals surface area (Å²) in [6.07, 6.45) is 0. The van der Waals surface area contributed by atoms with Crippen molar-refractivity contribution in [2.75, 3.05) is 0 Å². The molecule has 12 aromatic rings. The molecule has 0 aliphatic heterocycles. The van der Waals surface area contributed by atoms with Gasteiger partial charge < -0.3 is 9.13 Å². The molecule has 4 nitrogen and oxygen atoms in total. The number of benzene rings is 10. The maximum atomic E-state index is 10.9. The first kappa shape index (κ1) is 45.9. The molecule has 0 N–H and O–H groups in total. The Morgan fingerprint density at radius 2 is 0.527 bits per heavy atom. The van der Waals surface area contributed by atoms with Crippen LogP contribution >= 0.6 is 0 Å². The topological polar surface area (TPSA) is 57.4 Å². The van der Waals surface area contributed by atoms with E-state index in [0.717, 1.165) is 88.4 Å². The third kappa shape index (κ3) is 7.67. The molecular formula is C70H54N4. The smallest absolute Gasteiger partial charge is 0.101 e. The normalized spacial score (nSPS) is 11.5. The van der Waals surface area contributed by atoms with E-state index in [1.54, 1.807) is 0 Å². The molecule has 0 fully saturated rings. The Bertz CT molecular complexity index is 3920. The summed E-state index contributed by atoms with van der Waals surface area (Å²) in [6.45, 7) is 17.3. The molecule has 0 saturated heterocycles. The zero-order valence-corrected chi connectivity index (χ0v) is 43.1. The average Bonchev–Trinajstić information content (AvgIpc) is 3.90. The summed E-state index contributed by atoms with van der Waals surface area (Å²) in [5.74, 6) is 0. The maximum absolute atomic E-state index is 10.9. The monoisotopic (exact) mass is 950 g/mol. The number of aromatic nitrogens is 2. The van der Waals surface area contributed by atoms with Gasteiger partial charge in [0.1, 0.15) is 12.1 Å². The van der Waals surface area contributed by atoms with E-state index in [-0.39, 0.29) is 0 Å². The zero-order valence-electron chi connectivity index (χ0n) is 43.1. The van der Waals surface area contributed by atoms with Gasteiger partial charge in [0.2, 0.25) is 0 Å². The van der Waals surface area contributed by atoms with Crippen molar-refractivity contribution < 1.29 is 0 Å². The van der Waals surface area contributed by atoms with Crippen molar-refractivity contribution in [2.24, 2.45) is 0 Å². The predicted molar refractivity (Wildman–Crippen MR) is 310 cm³/mol. The van der Waals surface area contributed by atoms with Crippen LogP contribution in [-0.4, -0.2) is 9.13 Å². The molecule has 4 heteroatoms. The molecule has 0 radical (unpaired) electrons. The molecular weight excluding hydrogens is 897 g/mol. The van der Waals surface area contributed by atoms with Gasteiger partial charge in [-0.25, -0.2) is 0 Å². The molecule has 354 valence electrons. The number of hydrogen-bond acceptors (Lipinski definition) is 2. The van der Waals surface area contributed by atoms with E-state index in [0.29, 0.717) is 11.1 Å². The summed E-state index contributed by atoms with van der Waals surface area (Å²) >= 11 is 0. The van der Waals surface area contributed by atoms with E-state index in [1.165, 1.54) is 66.8 Å². The standard InChI is InChI=1S/C70H54N4/c1-41-9-21-57(45(5)29-41)51-17-25-65-61(33-51)62-34-52(58-22-10-42(2)30-46(58)6)18-26-66(62)73(65)69-37-49(13-15-55(69)39-71)50-14-16-56(40-72)70(38-50)74-67-27-19-53(59-23-11-43(3)31-47(59)7)35-63(67)64-36-54(20-28-68(64)74)60-24-12-44(4)32-48(60)8/h9-38H,1-8H3. The number of nitrogens with zero attached hydrogens (tertiary/aromatic N) is 4. The molecule has 10 aromatic carbocycles. The molecule has 0 bridgehead atoms. The summed E-state index contributed by atoms with van der Waals surface area (Å²) in [5, 5.41) is 26.2. The third-order valence-corrected chi connectivity index (χ3v) is 15.4. The van der Waals surface area contributed by atoms with E-state index >= 15 is 0 Å². The van der Waals surface area contributed by atoms with Crippen LogP contribution in [0.25, 0.3) is 111 Å². The van der Waals surface area contributed by atoms with Gasteiger partial charge in [-0.15, -0.1) is 0 Å². The van der Waals surface area contributed by atoms with Crippen LogP contribution in [0.2, 0.25) is 0 Å². The quantitative estimate of drug-likeness (QED) is 0.160. The molecule has 0 aliphatic carbocycles. The van der Waals surface area contributed by atoms with E-state index < -0.39 is 0 Å². The van der Waals surface area contributed by atoms with Crippen LogP contribution in [0.15, 0.2) is 182 Å². The summed E-state index contributed by atoms with van der Waals surface area (Å²) in [5.41, 5.74) is 28.0. The van der Waals surface area contributed by atoms with Gasteiger partial charge in [0, 0.05) is 21.5 Å². The number of hydrogen-bond donors (Lipinski definition) is 0. The second-order valence-corrected chi connectivity index (χ2v) is 20.6. The molecule has 0 amide bonds. The summed E-state index contributed by atoms with van der Waals surface area (Å²) < 4.78 is 4.53. The van der Waals surface area contributed by atoms with Gasteiger partial charge >= 0.3 is 0 Å². The molecule has 2 heterocycles. The first-order chi connectivity index (χ1) is 35.8. The molecule has 74 heavy (non-hydrogen) atoms. The molecule has 0 spiro atoms. The lowest BCUT2D eigenvalue weighted by Gasteiger charge is -2.15. The highest BCUT2D eigenvalue weighted by molar-refractivity contribution is 6.13. The molecule has 12 rings (SSSR count). The fourth-order valence-corrected chi connectivity index (χ4v) is 11.8. The average molecular weight is 951 g/mol. The Morgan fingerprint density at radius 3 is 0.770 bits per heavy atom. The van der Waals surface area contributed by atoms with E-state index in [1.807, 2.05) is 24.3 Å². The number of fused-ring (bicyclic) bond motifs is 6. The van der Waals surface area contributed by atoms with Crippen LogP contribution in [0.3, 0.4) is 0 Å². The van der Waals surface area contributed by atoms with Crippen molar-refractivity contribution in [3.63, 3.8) is 0 Å². The van der Waals surface area contributed by atoms with E-state index in [2.05, 4.69) is 234 Å². The first-order valence-corrected chi connectivity index (χ1v) is 25.4. The van der Waals surface area contributed by atoms with E-state index in [9.17, 15) is 10.5 Å². The predicted octanol–water partition coefficient (Wildman–Crippen LogP) is 18.4. The minimum absolute atomic E-state index is 0.569. The number of rotatable bonds is 7. The highest BCUT2D eigenvalue weighted by Crippen LogP contribution is 2.43. The molecule has 0 unspecified atom stereocenters. The maximum Gasteiger partial charge on any atom is 0.101 e. The lowest BCUT2D eigenvalue weighted by atomic mass is 9.95. The summed E-state index contributed by atoms with van der Waals surface area (Å²) in [7, 11) is 0. The van der Waals surface area contributed by atoms with Crippen LogP contribution in [0.4, 0.5) is 0 Å². The van der Waals surface area contributed by atoms with Crippen LogP contribution in [0.5, 0.6) is 0 Å². The fraction of sp³-hybridized carbons (Fsp3) is 0.114. The minimum atomic E-state index is 0.569. The molecule has 0 aliphatic rings. The van der Waals surface area contributed by atoms with E-state index in [4.69, 9.17) is 0 Å². The number of nitriles is 2. The van der Waals surface area contributed by atoms with Gasteiger partial charge in [0.25, 0.3) is 0 Å². The van der Waals surface area contributed by atoms with Gasteiger partial charge in [0.15, 0.2) is 0 Å². The molecule has 2 aromatic heterocycles. The zero-order chi connectivity index (χ0) is 51.1.